The third-order valence-electron chi connectivity index (χ3n) is 3.80. The molecule has 138 valence electrons. The summed E-state index contributed by atoms with van der Waals surface area (Å²) in [6.45, 7) is 0.640. The van der Waals surface area contributed by atoms with Gasteiger partial charge < -0.3 is 9.64 Å². The number of likely N-dealkylation sites (tertiary alicyclic amines) is 1. The van der Waals surface area contributed by atoms with E-state index in [1.165, 1.54) is 17.0 Å². The maximum Gasteiger partial charge on any atom is 0.417 e. The highest BCUT2D eigenvalue weighted by Crippen LogP contribution is 2.29. The van der Waals surface area contributed by atoms with Crippen LogP contribution in [-0.2, 0) is 6.18 Å². The normalized spacial score (nSPS) is 17.4. The lowest BCUT2D eigenvalue weighted by Gasteiger charge is -2.17. The lowest BCUT2D eigenvalue weighted by molar-refractivity contribution is -0.137. The third kappa shape index (κ3) is 4.19. The molecule has 3 heterocycles. The molecule has 26 heavy (non-hydrogen) atoms. The van der Waals surface area contributed by atoms with Crippen molar-refractivity contribution in [3.05, 3.63) is 51.9 Å². The van der Waals surface area contributed by atoms with Crippen LogP contribution in [0.1, 0.15) is 22.5 Å². The van der Waals surface area contributed by atoms with Gasteiger partial charge in [0.05, 0.1) is 17.1 Å². The summed E-state index contributed by atoms with van der Waals surface area (Å²) in [6, 6.07) is 5.02. The number of pyridine rings is 2. The second-order valence-electron chi connectivity index (χ2n) is 5.63. The van der Waals surface area contributed by atoms with E-state index < -0.39 is 11.7 Å². The zero-order valence-electron chi connectivity index (χ0n) is 13.1. The van der Waals surface area contributed by atoms with E-state index in [9.17, 15) is 18.0 Å². The Kier molecular flexibility index (Phi) is 5.24. The van der Waals surface area contributed by atoms with Crippen molar-refractivity contribution < 1.29 is 22.7 Å². The maximum atomic E-state index is 12.5. The summed E-state index contributed by atoms with van der Waals surface area (Å²) in [7, 11) is 0. The van der Waals surface area contributed by atoms with Crippen LogP contribution in [0.2, 0.25) is 10.2 Å². The molecule has 0 unspecified atom stereocenters. The van der Waals surface area contributed by atoms with E-state index in [0.717, 1.165) is 12.1 Å². The Hall–Kier alpha value is -2.06. The molecule has 5 nitrogen and oxygen atoms in total. The van der Waals surface area contributed by atoms with Crippen LogP contribution in [0, 0.1) is 0 Å². The Morgan fingerprint density at radius 3 is 2.65 bits per heavy atom. The minimum Gasteiger partial charge on any atom is -0.472 e. The first-order valence-electron chi connectivity index (χ1n) is 7.55. The zero-order valence-corrected chi connectivity index (χ0v) is 14.6. The molecule has 1 aliphatic rings. The monoisotopic (exact) mass is 405 g/mol. The Morgan fingerprint density at radius 1 is 1.23 bits per heavy atom. The number of aromatic nitrogens is 2. The molecule has 1 saturated heterocycles. The molecule has 1 atom stereocenters. The van der Waals surface area contributed by atoms with E-state index in [1.54, 1.807) is 0 Å². The van der Waals surface area contributed by atoms with Gasteiger partial charge in [0, 0.05) is 25.2 Å². The molecule has 0 aromatic carbocycles. The Balaban J connectivity index is 1.63. The summed E-state index contributed by atoms with van der Waals surface area (Å²) in [5, 5.41) is 0.340. The van der Waals surface area contributed by atoms with Gasteiger partial charge in [0.2, 0.25) is 5.88 Å². The molecule has 2 aromatic rings. The number of rotatable bonds is 3. The molecule has 10 heteroatoms. The fourth-order valence-corrected chi connectivity index (χ4v) is 2.85. The number of amides is 1. The number of carbonyl (C=O) groups is 1. The quantitative estimate of drug-likeness (QED) is 0.721. The van der Waals surface area contributed by atoms with Crippen LogP contribution in [0.4, 0.5) is 13.2 Å². The summed E-state index contributed by atoms with van der Waals surface area (Å²) >= 11 is 11.8. The van der Waals surface area contributed by atoms with Crippen molar-refractivity contribution >= 4 is 29.1 Å². The highest BCUT2D eigenvalue weighted by molar-refractivity contribution is 6.34. The predicted octanol–water partition coefficient (Wildman–Crippen LogP) is 4.10. The molecule has 0 radical (unpaired) electrons. The largest absolute Gasteiger partial charge is 0.472 e. The molecule has 1 fully saturated rings. The van der Waals surface area contributed by atoms with Crippen LogP contribution in [0.5, 0.6) is 5.88 Å². The van der Waals surface area contributed by atoms with Gasteiger partial charge in [0.15, 0.2) is 0 Å². The van der Waals surface area contributed by atoms with Crippen molar-refractivity contribution in [3.8, 4) is 5.88 Å². The van der Waals surface area contributed by atoms with Crippen LogP contribution in [0.25, 0.3) is 0 Å². The predicted molar refractivity (Wildman–Crippen MR) is 88.4 cm³/mol. The van der Waals surface area contributed by atoms with E-state index in [1.807, 2.05) is 0 Å². The summed E-state index contributed by atoms with van der Waals surface area (Å²) in [4.78, 5) is 21.6. The van der Waals surface area contributed by atoms with Crippen LogP contribution in [-0.4, -0.2) is 40.0 Å². The fourth-order valence-electron chi connectivity index (χ4n) is 2.52. The van der Waals surface area contributed by atoms with Crippen molar-refractivity contribution in [3.63, 3.8) is 0 Å². The Morgan fingerprint density at radius 2 is 2.00 bits per heavy atom. The second-order valence-corrected chi connectivity index (χ2v) is 6.42. The smallest absolute Gasteiger partial charge is 0.417 e. The van der Waals surface area contributed by atoms with Crippen LogP contribution >= 0.6 is 23.2 Å². The summed E-state index contributed by atoms with van der Waals surface area (Å²) in [6.07, 6.45) is -3.62. The highest BCUT2D eigenvalue weighted by atomic mass is 35.5. The van der Waals surface area contributed by atoms with Crippen LogP contribution < -0.4 is 4.74 Å². The molecule has 1 aliphatic heterocycles. The number of hydrogen-bond acceptors (Lipinski definition) is 4. The molecule has 0 aliphatic carbocycles. The summed E-state index contributed by atoms with van der Waals surface area (Å²) < 4.78 is 43.2. The number of halogens is 5. The minimum atomic E-state index is -4.45. The second kappa shape index (κ2) is 7.28. The van der Waals surface area contributed by atoms with E-state index in [0.29, 0.717) is 19.2 Å². The third-order valence-corrected chi connectivity index (χ3v) is 4.31. The van der Waals surface area contributed by atoms with Gasteiger partial charge in [-0.1, -0.05) is 23.2 Å². The van der Waals surface area contributed by atoms with Gasteiger partial charge in [0.25, 0.3) is 5.91 Å². The Labute approximate surface area is 156 Å². The van der Waals surface area contributed by atoms with Crippen molar-refractivity contribution in [2.24, 2.45) is 0 Å². The van der Waals surface area contributed by atoms with Crippen LogP contribution in [0.3, 0.4) is 0 Å². The van der Waals surface area contributed by atoms with Crippen molar-refractivity contribution in [1.29, 1.82) is 0 Å². The average molecular weight is 406 g/mol. The van der Waals surface area contributed by atoms with E-state index in [2.05, 4.69) is 9.97 Å². The molecule has 0 N–H and O–H groups in total. The van der Waals surface area contributed by atoms with Crippen molar-refractivity contribution in [2.75, 3.05) is 13.1 Å². The first-order chi connectivity index (χ1) is 12.2. The maximum absolute atomic E-state index is 12.5. The molecule has 3 rings (SSSR count). The molecular weight excluding hydrogens is 394 g/mol. The van der Waals surface area contributed by atoms with E-state index in [4.69, 9.17) is 27.9 Å². The average Bonchev–Trinajstić information content (AvgIpc) is 3.04. The lowest BCUT2D eigenvalue weighted by atomic mass is 10.3. The van der Waals surface area contributed by atoms with Gasteiger partial charge >= 0.3 is 6.18 Å². The van der Waals surface area contributed by atoms with Gasteiger partial charge in [-0.05, 0) is 18.2 Å². The minimum absolute atomic E-state index is 0.0486. The number of ether oxygens (including phenoxy) is 1. The standard InChI is InChI=1S/C16H12Cl2F3N3O2/c17-11-2-3-12(18)23-14(11)15(25)24-6-5-10(8-24)26-13-4-1-9(7-22-13)16(19,20)21/h1-4,7,10H,5-6,8H2/t10-/m1/s1. The molecule has 0 bridgehead atoms. The summed E-state index contributed by atoms with van der Waals surface area (Å²) in [5.74, 6) is -0.319. The summed E-state index contributed by atoms with van der Waals surface area (Å²) in [5.41, 5.74) is -0.803. The fraction of sp³-hybridized carbons (Fsp3) is 0.312. The molecular formula is C16H12Cl2F3N3O2. The highest BCUT2D eigenvalue weighted by Gasteiger charge is 2.32. The zero-order chi connectivity index (χ0) is 18.9. The van der Waals surface area contributed by atoms with Gasteiger partial charge in [0.1, 0.15) is 17.0 Å². The lowest BCUT2D eigenvalue weighted by Crippen LogP contribution is -2.31. The first-order valence-corrected chi connectivity index (χ1v) is 8.31. The van der Waals surface area contributed by atoms with Gasteiger partial charge in [-0.25, -0.2) is 9.97 Å². The molecule has 0 saturated carbocycles. The molecule has 1 amide bonds. The van der Waals surface area contributed by atoms with Gasteiger partial charge in [-0.3, -0.25) is 4.79 Å². The van der Waals surface area contributed by atoms with Crippen molar-refractivity contribution in [2.45, 2.75) is 18.7 Å². The molecule has 0 spiro atoms. The first kappa shape index (κ1) is 18.7. The number of carbonyl (C=O) groups excluding carboxylic acids is 1. The van der Waals surface area contributed by atoms with Crippen molar-refractivity contribution in [1.82, 2.24) is 14.9 Å². The van der Waals surface area contributed by atoms with Gasteiger partial charge in [-0.2, -0.15) is 13.2 Å². The van der Waals surface area contributed by atoms with Gasteiger partial charge in [-0.15, -0.1) is 0 Å². The van der Waals surface area contributed by atoms with E-state index in [-0.39, 0.29) is 40.3 Å². The number of hydrogen-bond donors (Lipinski definition) is 0. The SMILES string of the molecule is O=C(c1nc(Cl)ccc1Cl)N1CC[C@@H](Oc2ccc(C(F)(F)F)cn2)C1. The molecule has 2 aromatic heterocycles. The number of alkyl halides is 3. The Bertz CT molecular complexity index is 815. The van der Waals surface area contributed by atoms with E-state index >= 15 is 0 Å². The van der Waals surface area contributed by atoms with Crippen LogP contribution in [0.15, 0.2) is 30.5 Å². The number of nitrogens with zero attached hydrogens (tertiary/aromatic N) is 3. The topological polar surface area (TPSA) is 55.3 Å².